The highest BCUT2D eigenvalue weighted by Crippen LogP contribution is 2.11. The predicted molar refractivity (Wildman–Crippen MR) is 54.6 cm³/mol. The third-order valence-electron chi connectivity index (χ3n) is 1.94. The van der Waals surface area contributed by atoms with Gasteiger partial charge in [0, 0.05) is 6.54 Å². The number of aliphatic hydroxyl groups is 1. The first kappa shape index (κ1) is 11.7. The molecule has 1 heterocycles. The summed E-state index contributed by atoms with van der Waals surface area (Å²) in [6, 6.07) is 0. The van der Waals surface area contributed by atoms with Crippen molar-refractivity contribution in [1.29, 1.82) is 0 Å². The standard InChI is InChI=1S/C10H16N2O3/c1-6-8(7(2)15-12-6)9(13)11-5-10(3,4)14/h14H,5H2,1-4H3,(H,11,13). The number of aryl methyl sites for hydroxylation is 2. The van der Waals surface area contributed by atoms with Gasteiger partial charge >= 0.3 is 0 Å². The second-order valence-electron chi connectivity index (χ2n) is 4.19. The third kappa shape index (κ3) is 3.06. The van der Waals surface area contributed by atoms with Crippen LogP contribution in [0.4, 0.5) is 0 Å². The van der Waals surface area contributed by atoms with E-state index < -0.39 is 5.60 Å². The lowest BCUT2D eigenvalue weighted by Crippen LogP contribution is -2.38. The summed E-state index contributed by atoms with van der Waals surface area (Å²) in [5.41, 5.74) is 0.0780. The fraction of sp³-hybridized carbons (Fsp3) is 0.600. The smallest absolute Gasteiger partial charge is 0.256 e. The zero-order valence-corrected chi connectivity index (χ0v) is 9.42. The molecule has 84 valence electrons. The van der Waals surface area contributed by atoms with Gasteiger partial charge in [0.05, 0.1) is 11.3 Å². The van der Waals surface area contributed by atoms with Crippen molar-refractivity contribution in [3.63, 3.8) is 0 Å². The number of aromatic nitrogens is 1. The highest BCUT2D eigenvalue weighted by molar-refractivity contribution is 5.96. The highest BCUT2D eigenvalue weighted by Gasteiger charge is 2.20. The van der Waals surface area contributed by atoms with Gasteiger partial charge in [0.1, 0.15) is 11.3 Å². The average Bonchev–Trinajstić information content (AvgIpc) is 2.41. The zero-order valence-electron chi connectivity index (χ0n) is 9.42. The lowest BCUT2D eigenvalue weighted by Gasteiger charge is -2.17. The van der Waals surface area contributed by atoms with E-state index >= 15 is 0 Å². The maximum atomic E-state index is 11.7. The van der Waals surface area contributed by atoms with Crippen molar-refractivity contribution in [2.45, 2.75) is 33.3 Å². The Morgan fingerprint density at radius 2 is 2.13 bits per heavy atom. The quantitative estimate of drug-likeness (QED) is 0.776. The number of carbonyl (C=O) groups is 1. The maximum Gasteiger partial charge on any atom is 0.256 e. The van der Waals surface area contributed by atoms with E-state index in [1.165, 1.54) is 0 Å². The molecule has 0 atom stereocenters. The molecule has 5 nitrogen and oxygen atoms in total. The first-order valence-electron chi connectivity index (χ1n) is 4.75. The largest absolute Gasteiger partial charge is 0.389 e. The second kappa shape index (κ2) is 4.02. The molecule has 15 heavy (non-hydrogen) atoms. The second-order valence-corrected chi connectivity index (χ2v) is 4.19. The lowest BCUT2D eigenvalue weighted by atomic mass is 10.1. The normalized spacial score (nSPS) is 11.5. The van der Waals surface area contributed by atoms with Crippen molar-refractivity contribution < 1.29 is 14.4 Å². The van der Waals surface area contributed by atoms with Crippen LogP contribution in [0.1, 0.15) is 35.7 Å². The van der Waals surface area contributed by atoms with Crippen molar-refractivity contribution in [1.82, 2.24) is 10.5 Å². The number of amides is 1. The van der Waals surface area contributed by atoms with E-state index in [9.17, 15) is 9.90 Å². The zero-order chi connectivity index (χ0) is 11.6. The van der Waals surface area contributed by atoms with Gasteiger partial charge in [0.15, 0.2) is 0 Å². The van der Waals surface area contributed by atoms with Gasteiger partial charge in [-0.25, -0.2) is 0 Å². The summed E-state index contributed by atoms with van der Waals surface area (Å²) in [6.07, 6.45) is 0. The molecule has 5 heteroatoms. The van der Waals surface area contributed by atoms with Crippen LogP contribution in [-0.4, -0.2) is 28.3 Å². The van der Waals surface area contributed by atoms with Gasteiger partial charge < -0.3 is 14.9 Å². The van der Waals surface area contributed by atoms with Crippen LogP contribution in [0.25, 0.3) is 0 Å². The Balaban J connectivity index is 2.70. The molecule has 0 aliphatic rings. The highest BCUT2D eigenvalue weighted by atomic mass is 16.5. The van der Waals surface area contributed by atoms with Crippen molar-refractivity contribution in [2.75, 3.05) is 6.54 Å². The number of hydrogen-bond donors (Lipinski definition) is 2. The summed E-state index contributed by atoms with van der Waals surface area (Å²) in [5.74, 6) is 0.217. The van der Waals surface area contributed by atoms with E-state index in [4.69, 9.17) is 4.52 Å². The van der Waals surface area contributed by atoms with E-state index in [0.29, 0.717) is 17.0 Å². The third-order valence-corrected chi connectivity index (χ3v) is 1.94. The minimum absolute atomic E-state index is 0.190. The van der Waals surface area contributed by atoms with Crippen LogP contribution in [0.2, 0.25) is 0 Å². The van der Waals surface area contributed by atoms with E-state index in [1.54, 1.807) is 27.7 Å². The molecule has 1 amide bonds. The number of hydrogen-bond acceptors (Lipinski definition) is 4. The first-order valence-corrected chi connectivity index (χ1v) is 4.75. The van der Waals surface area contributed by atoms with Gasteiger partial charge in [-0.15, -0.1) is 0 Å². The van der Waals surface area contributed by atoms with Gasteiger partial charge in [0.25, 0.3) is 5.91 Å². The van der Waals surface area contributed by atoms with Crippen LogP contribution >= 0.6 is 0 Å². The SMILES string of the molecule is Cc1noc(C)c1C(=O)NCC(C)(C)O. The van der Waals surface area contributed by atoms with Gasteiger partial charge in [-0.3, -0.25) is 4.79 Å². The summed E-state index contributed by atoms with van der Waals surface area (Å²) in [4.78, 5) is 11.7. The van der Waals surface area contributed by atoms with Gasteiger partial charge in [0.2, 0.25) is 0 Å². The van der Waals surface area contributed by atoms with Crippen LogP contribution in [0.3, 0.4) is 0 Å². The minimum Gasteiger partial charge on any atom is -0.389 e. The van der Waals surface area contributed by atoms with Crippen LogP contribution in [0.15, 0.2) is 4.52 Å². The molecule has 2 N–H and O–H groups in total. The molecule has 1 aromatic heterocycles. The van der Waals surface area contributed by atoms with Crippen molar-refractivity contribution >= 4 is 5.91 Å². The molecule has 0 unspecified atom stereocenters. The van der Waals surface area contributed by atoms with E-state index in [-0.39, 0.29) is 12.5 Å². The minimum atomic E-state index is -0.922. The monoisotopic (exact) mass is 212 g/mol. The molecular weight excluding hydrogens is 196 g/mol. The Morgan fingerprint density at radius 1 is 1.53 bits per heavy atom. The van der Waals surface area contributed by atoms with Crippen LogP contribution in [0, 0.1) is 13.8 Å². The van der Waals surface area contributed by atoms with Gasteiger partial charge in [-0.05, 0) is 27.7 Å². The van der Waals surface area contributed by atoms with Crippen molar-refractivity contribution in [3.05, 3.63) is 17.0 Å². The number of nitrogens with zero attached hydrogens (tertiary/aromatic N) is 1. The molecule has 0 aliphatic carbocycles. The molecule has 1 rings (SSSR count). The van der Waals surface area contributed by atoms with E-state index in [2.05, 4.69) is 10.5 Å². The van der Waals surface area contributed by atoms with Crippen molar-refractivity contribution in [3.8, 4) is 0 Å². The summed E-state index contributed by atoms with van der Waals surface area (Å²) >= 11 is 0. The molecule has 0 aliphatic heterocycles. The van der Waals surface area contributed by atoms with Crippen LogP contribution < -0.4 is 5.32 Å². The lowest BCUT2D eigenvalue weighted by molar-refractivity contribution is 0.0693. The number of nitrogens with one attached hydrogen (secondary N) is 1. The van der Waals surface area contributed by atoms with Crippen molar-refractivity contribution in [2.24, 2.45) is 0 Å². The summed E-state index contributed by atoms with van der Waals surface area (Å²) < 4.78 is 4.88. The topological polar surface area (TPSA) is 75.4 Å². The Morgan fingerprint density at radius 3 is 2.53 bits per heavy atom. The van der Waals surface area contributed by atoms with Crippen LogP contribution in [0.5, 0.6) is 0 Å². The molecular formula is C10H16N2O3. The fourth-order valence-electron chi connectivity index (χ4n) is 1.19. The molecule has 0 bridgehead atoms. The van der Waals surface area contributed by atoms with E-state index in [0.717, 1.165) is 0 Å². The molecule has 0 radical (unpaired) electrons. The van der Waals surface area contributed by atoms with Gasteiger partial charge in [-0.1, -0.05) is 5.16 Å². The fourth-order valence-corrected chi connectivity index (χ4v) is 1.19. The van der Waals surface area contributed by atoms with Crippen LogP contribution in [-0.2, 0) is 0 Å². The van der Waals surface area contributed by atoms with E-state index in [1.807, 2.05) is 0 Å². The van der Waals surface area contributed by atoms with Gasteiger partial charge in [-0.2, -0.15) is 0 Å². The predicted octanol–water partition coefficient (Wildman–Crippen LogP) is 0.792. The average molecular weight is 212 g/mol. The first-order chi connectivity index (χ1) is 6.81. The molecule has 0 aromatic carbocycles. The molecule has 0 saturated carbocycles. The Bertz CT molecular complexity index is 344. The molecule has 0 fully saturated rings. The molecule has 1 aromatic rings. The number of carbonyl (C=O) groups excluding carboxylic acids is 1. The molecule has 0 saturated heterocycles. The summed E-state index contributed by atoms with van der Waals surface area (Å²) in [6.45, 7) is 6.83. The Kier molecular flexibility index (Phi) is 3.14. The Hall–Kier alpha value is -1.36. The maximum absolute atomic E-state index is 11.7. The summed E-state index contributed by atoms with van der Waals surface area (Å²) in [5, 5.41) is 15.7. The summed E-state index contributed by atoms with van der Waals surface area (Å²) in [7, 11) is 0. The Labute approximate surface area is 88.5 Å². The number of rotatable bonds is 3. The molecule has 0 spiro atoms.